The standard InChI is InChI=1S/C15H13NO/c1-11-6-8-12(9-7-11)15-14-5-3-2-4-13(14)10-17-16-15/h2-9H,10H2,1H3. The molecule has 2 heteroatoms. The Morgan fingerprint density at radius 3 is 2.59 bits per heavy atom. The molecule has 0 saturated heterocycles. The van der Waals surface area contributed by atoms with Crippen LogP contribution in [0.5, 0.6) is 0 Å². The van der Waals surface area contributed by atoms with Crippen molar-refractivity contribution in [1.82, 2.24) is 0 Å². The lowest BCUT2D eigenvalue weighted by Gasteiger charge is -2.16. The minimum absolute atomic E-state index is 0.561. The maximum Gasteiger partial charge on any atom is 0.143 e. The first kappa shape index (κ1) is 10.1. The Labute approximate surface area is 101 Å². The molecule has 0 N–H and O–H groups in total. The summed E-state index contributed by atoms with van der Waals surface area (Å²) in [6, 6.07) is 16.6. The summed E-state index contributed by atoms with van der Waals surface area (Å²) in [6.45, 7) is 2.64. The molecule has 2 nitrogen and oxygen atoms in total. The predicted molar refractivity (Wildman–Crippen MR) is 68.0 cm³/mol. The van der Waals surface area contributed by atoms with E-state index in [1.165, 1.54) is 16.7 Å². The van der Waals surface area contributed by atoms with Gasteiger partial charge >= 0.3 is 0 Å². The van der Waals surface area contributed by atoms with E-state index in [0.717, 1.165) is 11.3 Å². The van der Waals surface area contributed by atoms with Crippen molar-refractivity contribution >= 4 is 5.71 Å². The van der Waals surface area contributed by atoms with Crippen LogP contribution in [-0.2, 0) is 11.4 Å². The lowest BCUT2D eigenvalue weighted by Crippen LogP contribution is -2.12. The van der Waals surface area contributed by atoms with Gasteiger partial charge in [-0.25, -0.2) is 0 Å². The van der Waals surface area contributed by atoms with Crippen LogP contribution in [0.25, 0.3) is 0 Å². The van der Waals surface area contributed by atoms with Crippen molar-refractivity contribution in [2.24, 2.45) is 5.16 Å². The summed E-state index contributed by atoms with van der Waals surface area (Å²) in [4.78, 5) is 5.28. The average molecular weight is 223 g/mol. The quantitative estimate of drug-likeness (QED) is 0.727. The molecule has 0 atom stereocenters. The van der Waals surface area contributed by atoms with Crippen LogP contribution in [0.2, 0.25) is 0 Å². The molecule has 17 heavy (non-hydrogen) atoms. The molecule has 1 aliphatic rings. The average Bonchev–Trinajstić information content (AvgIpc) is 2.39. The lowest BCUT2D eigenvalue weighted by atomic mass is 9.97. The molecule has 0 unspecified atom stereocenters. The summed E-state index contributed by atoms with van der Waals surface area (Å²) in [5, 5.41) is 4.19. The largest absolute Gasteiger partial charge is 0.390 e. The molecule has 0 amide bonds. The van der Waals surface area contributed by atoms with E-state index in [2.05, 4.69) is 48.5 Å². The summed E-state index contributed by atoms with van der Waals surface area (Å²) < 4.78 is 0. The van der Waals surface area contributed by atoms with Gasteiger partial charge in [0, 0.05) is 16.7 Å². The summed E-state index contributed by atoms with van der Waals surface area (Å²) in [6.07, 6.45) is 0. The van der Waals surface area contributed by atoms with Crippen LogP contribution < -0.4 is 0 Å². The van der Waals surface area contributed by atoms with Crippen LogP contribution in [0.1, 0.15) is 22.3 Å². The van der Waals surface area contributed by atoms with Crippen LogP contribution in [0.15, 0.2) is 53.7 Å². The van der Waals surface area contributed by atoms with Crippen molar-refractivity contribution in [2.45, 2.75) is 13.5 Å². The molecule has 1 aliphatic heterocycles. The third kappa shape index (κ3) is 1.82. The maximum atomic E-state index is 5.28. The molecule has 2 aromatic rings. The first-order valence-corrected chi connectivity index (χ1v) is 5.70. The van der Waals surface area contributed by atoms with Crippen LogP contribution in [0.4, 0.5) is 0 Å². The highest BCUT2D eigenvalue weighted by Gasteiger charge is 2.16. The fourth-order valence-corrected chi connectivity index (χ4v) is 2.01. The van der Waals surface area contributed by atoms with Gasteiger partial charge in [-0.2, -0.15) is 0 Å². The highest BCUT2D eigenvalue weighted by molar-refractivity contribution is 6.13. The Kier molecular flexibility index (Phi) is 2.41. The van der Waals surface area contributed by atoms with E-state index >= 15 is 0 Å². The Morgan fingerprint density at radius 1 is 1.00 bits per heavy atom. The highest BCUT2D eigenvalue weighted by atomic mass is 16.6. The molecule has 0 radical (unpaired) electrons. The molecule has 0 aliphatic carbocycles. The van der Waals surface area contributed by atoms with Crippen molar-refractivity contribution in [1.29, 1.82) is 0 Å². The number of hydrogen-bond donors (Lipinski definition) is 0. The number of aryl methyl sites for hydroxylation is 1. The fraction of sp³-hybridized carbons (Fsp3) is 0.133. The van der Waals surface area contributed by atoms with Crippen molar-refractivity contribution in [3.63, 3.8) is 0 Å². The second kappa shape index (κ2) is 4.06. The molecule has 0 aromatic heterocycles. The van der Waals surface area contributed by atoms with Crippen molar-refractivity contribution in [3.8, 4) is 0 Å². The molecule has 0 spiro atoms. The monoisotopic (exact) mass is 223 g/mol. The van der Waals surface area contributed by atoms with Gasteiger partial charge in [-0.1, -0.05) is 59.3 Å². The van der Waals surface area contributed by atoms with Gasteiger partial charge in [-0.05, 0) is 6.92 Å². The number of benzene rings is 2. The van der Waals surface area contributed by atoms with Gasteiger partial charge in [0.05, 0.1) is 0 Å². The molecule has 0 bridgehead atoms. The van der Waals surface area contributed by atoms with Crippen LogP contribution in [0.3, 0.4) is 0 Å². The zero-order valence-corrected chi connectivity index (χ0v) is 9.68. The van der Waals surface area contributed by atoms with Gasteiger partial charge in [0.2, 0.25) is 0 Å². The molecule has 84 valence electrons. The van der Waals surface area contributed by atoms with Gasteiger partial charge < -0.3 is 4.84 Å². The van der Waals surface area contributed by atoms with Gasteiger partial charge in [0.15, 0.2) is 0 Å². The van der Waals surface area contributed by atoms with Crippen molar-refractivity contribution < 1.29 is 4.84 Å². The molecule has 0 fully saturated rings. The summed E-state index contributed by atoms with van der Waals surface area (Å²) in [7, 11) is 0. The fourth-order valence-electron chi connectivity index (χ4n) is 2.01. The van der Waals surface area contributed by atoms with Gasteiger partial charge in [0.1, 0.15) is 12.3 Å². The van der Waals surface area contributed by atoms with E-state index in [1.807, 2.05) is 12.1 Å². The van der Waals surface area contributed by atoms with E-state index in [0.29, 0.717) is 6.61 Å². The third-order valence-corrected chi connectivity index (χ3v) is 2.97. The molecule has 3 rings (SSSR count). The zero-order chi connectivity index (χ0) is 11.7. The highest BCUT2D eigenvalue weighted by Crippen LogP contribution is 2.21. The normalized spacial score (nSPS) is 13.6. The Hall–Kier alpha value is -2.09. The van der Waals surface area contributed by atoms with Crippen molar-refractivity contribution in [2.75, 3.05) is 0 Å². The molecule has 2 aromatic carbocycles. The van der Waals surface area contributed by atoms with Crippen molar-refractivity contribution in [3.05, 3.63) is 70.8 Å². The predicted octanol–water partition coefficient (Wildman–Crippen LogP) is 3.28. The van der Waals surface area contributed by atoms with E-state index in [4.69, 9.17) is 4.84 Å². The van der Waals surface area contributed by atoms with Crippen LogP contribution in [0, 0.1) is 6.92 Å². The number of oxime groups is 1. The zero-order valence-electron chi connectivity index (χ0n) is 9.68. The van der Waals surface area contributed by atoms with Gasteiger partial charge in [-0.3, -0.25) is 0 Å². The van der Waals surface area contributed by atoms with E-state index < -0.39 is 0 Å². The second-order valence-corrected chi connectivity index (χ2v) is 4.24. The molecular formula is C15H13NO. The Bertz CT molecular complexity index is 570. The molecule has 0 saturated carbocycles. The molecular weight excluding hydrogens is 210 g/mol. The first-order valence-electron chi connectivity index (χ1n) is 5.70. The summed E-state index contributed by atoms with van der Waals surface area (Å²) >= 11 is 0. The van der Waals surface area contributed by atoms with Gasteiger partial charge in [0.25, 0.3) is 0 Å². The minimum Gasteiger partial charge on any atom is -0.390 e. The lowest BCUT2D eigenvalue weighted by molar-refractivity contribution is 0.126. The SMILES string of the molecule is Cc1ccc(C2=NOCc3ccccc32)cc1. The number of nitrogens with zero attached hydrogens (tertiary/aromatic N) is 1. The summed E-state index contributed by atoms with van der Waals surface area (Å²) in [5.41, 5.74) is 5.63. The van der Waals surface area contributed by atoms with E-state index in [9.17, 15) is 0 Å². The smallest absolute Gasteiger partial charge is 0.143 e. The third-order valence-electron chi connectivity index (χ3n) is 2.97. The Balaban J connectivity index is 2.09. The Morgan fingerprint density at radius 2 is 1.76 bits per heavy atom. The summed E-state index contributed by atoms with van der Waals surface area (Å²) in [5.74, 6) is 0. The minimum atomic E-state index is 0.561. The second-order valence-electron chi connectivity index (χ2n) is 4.24. The van der Waals surface area contributed by atoms with E-state index in [-0.39, 0.29) is 0 Å². The van der Waals surface area contributed by atoms with Crippen LogP contribution >= 0.6 is 0 Å². The number of rotatable bonds is 1. The maximum absolute atomic E-state index is 5.28. The topological polar surface area (TPSA) is 21.6 Å². The van der Waals surface area contributed by atoms with E-state index in [1.54, 1.807) is 0 Å². The van der Waals surface area contributed by atoms with Crippen LogP contribution in [-0.4, -0.2) is 5.71 Å². The number of fused-ring (bicyclic) bond motifs is 1. The molecule has 1 heterocycles. The first-order chi connectivity index (χ1) is 8.34. The number of hydrogen-bond acceptors (Lipinski definition) is 2. The van der Waals surface area contributed by atoms with Gasteiger partial charge in [-0.15, -0.1) is 0 Å².